The Balaban J connectivity index is 1.39. The first-order valence-electron chi connectivity index (χ1n) is 9.32. The lowest BCUT2D eigenvalue weighted by atomic mass is 10.1. The summed E-state index contributed by atoms with van der Waals surface area (Å²) in [5.41, 5.74) is 2.82. The second-order valence-electron chi connectivity index (χ2n) is 6.83. The predicted octanol–water partition coefficient (Wildman–Crippen LogP) is 4.18. The van der Waals surface area contributed by atoms with E-state index in [9.17, 15) is 9.59 Å². The highest BCUT2D eigenvalue weighted by molar-refractivity contribution is 7.09. The fourth-order valence-electron chi connectivity index (χ4n) is 3.42. The summed E-state index contributed by atoms with van der Waals surface area (Å²) < 4.78 is 17.9. The number of nitrogens with zero attached hydrogens (tertiary/aromatic N) is 1. The number of aryl methyl sites for hydroxylation is 2. The summed E-state index contributed by atoms with van der Waals surface area (Å²) in [4.78, 5) is 26.3. The van der Waals surface area contributed by atoms with Gasteiger partial charge in [-0.15, -0.1) is 11.3 Å². The number of ether oxygens (including phenoxy) is 3. The molecule has 0 spiro atoms. The molecule has 3 aromatic rings. The van der Waals surface area contributed by atoms with E-state index in [0.29, 0.717) is 22.6 Å². The van der Waals surface area contributed by atoms with Crippen molar-refractivity contribution < 1.29 is 23.8 Å². The largest absolute Gasteiger partial charge is 0.454 e. The molecular formula is C22H21NO5S. The predicted molar refractivity (Wildman–Crippen MR) is 109 cm³/mol. The highest BCUT2D eigenvalue weighted by atomic mass is 32.1. The Morgan fingerprint density at radius 3 is 2.76 bits per heavy atom. The number of fused-ring (bicyclic) bond motifs is 1. The third-order valence-electron chi connectivity index (χ3n) is 4.98. The van der Waals surface area contributed by atoms with Crippen molar-refractivity contribution in [1.82, 2.24) is 4.57 Å². The summed E-state index contributed by atoms with van der Waals surface area (Å²) in [5, 5.41) is 2.06. The Morgan fingerprint density at radius 2 is 1.97 bits per heavy atom. The Labute approximate surface area is 172 Å². The molecule has 0 N–H and O–H groups in total. The van der Waals surface area contributed by atoms with Crippen LogP contribution in [-0.2, 0) is 17.7 Å². The minimum Gasteiger partial charge on any atom is -0.454 e. The Hall–Kier alpha value is -3.06. The minimum atomic E-state index is -0.567. The summed E-state index contributed by atoms with van der Waals surface area (Å²) in [7, 11) is 0. The van der Waals surface area contributed by atoms with Gasteiger partial charge in [0.25, 0.3) is 0 Å². The van der Waals surface area contributed by atoms with Gasteiger partial charge in [0.15, 0.2) is 18.1 Å². The normalized spacial score (nSPS) is 12.2. The molecule has 2 aromatic heterocycles. The van der Waals surface area contributed by atoms with E-state index in [-0.39, 0.29) is 19.2 Å². The summed E-state index contributed by atoms with van der Waals surface area (Å²) in [6.45, 7) is 4.55. The van der Waals surface area contributed by atoms with Crippen molar-refractivity contribution >= 4 is 23.1 Å². The summed E-state index contributed by atoms with van der Waals surface area (Å²) in [5.74, 6) is 0.311. The number of Topliss-reactive ketones (excluding diaryl/α,β-unsaturated/α-hetero) is 1. The van der Waals surface area contributed by atoms with Crippen LogP contribution in [0.4, 0.5) is 0 Å². The van der Waals surface area contributed by atoms with E-state index in [1.54, 1.807) is 29.5 Å². The van der Waals surface area contributed by atoms with Crippen molar-refractivity contribution in [2.75, 3.05) is 13.4 Å². The van der Waals surface area contributed by atoms with Gasteiger partial charge in [-0.3, -0.25) is 4.79 Å². The number of benzene rings is 1. The van der Waals surface area contributed by atoms with Crippen molar-refractivity contribution in [1.29, 1.82) is 0 Å². The quantitative estimate of drug-likeness (QED) is 0.431. The van der Waals surface area contributed by atoms with Crippen LogP contribution in [0.3, 0.4) is 0 Å². The zero-order valence-corrected chi connectivity index (χ0v) is 17.1. The average Bonchev–Trinajstić information content (AvgIpc) is 3.45. The summed E-state index contributed by atoms with van der Waals surface area (Å²) in [6.07, 6.45) is 0.917. The highest BCUT2D eigenvalue weighted by Crippen LogP contribution is 2.32. The van der Waals surface area contributed by atoms with Gasteiger partial charge in [-0.1, -0.05) is 6.07 Å². The first-order valence-corrected chi connectivity index (χ1v) is 10.2. The van der Waals surface area contributed by atoms with Crippen LogP contribution >= 0.6 is 11.3 Å². The smallest absolute Gasteiger partial charge is 0.338 e. The molecule has 0 unspecified atom stereocenters. The van der Waals surface area contributed by atoms with Gasteiger partial charge in [0, 0.05) is 28.4 Å². The number of rotatable bonds is 7. The van der Waals surface area contributed by atoms with Gasteiger partial charge >= 0.3 is 5.97 Å². The van der Waals surface area contributed by atoms with Crippen molar-refractivity contribution in [3.63, 3.8) is 0 Å². The van der Waals surface area contributed by atoms with Gasteiger partial charge in [0.05, 0.1) is 5.56 Å². The summed E-state index contributed by atoms with van der Waals surface area (Å²) >= 11 is 1.73. The van der Waals surface area contributed by atoms with Crippen LogP contribution in [0.25, 0.3) is 0 Å². The molecule has 0 bridgehead atoms. The first-order chi connectivity index (χ1) is 14.0. The average molecular weight is 411 g/mol. The van der Waals surface area contributed by atoms with Gasteiger partial charge in [-0.2, -0.15) is 0 Å². The van der Waals surface area contributed by atoms with E-state index in [2.05, 4.69) is 16.0 Å². The maximum atomic E-state index is 12.7. The zero-order chi connectivity index (χ0) is 20.4. The molecule has 0 radical (unpaired) electrons. The number of aromatic nitrogens is 1. The lowest BCUT2D eigenvalue weighted by Gasteiger charge is -2.09. The van der Waals surface area contributed by atoms with E-state index in [1.807, 2.05) is 26.0 Å². The monoisotopic (exact) mass is 411 g/mol. The van der Waals surface area contributed by atoms with E-state index < -0.39 is 5.97 Å². The minimum absolute atomic E-state index is 0.133. The fourth-order valence-corrected chi connectivity index (χ4v) is 4.12. The number of esters is 1. The Kier molecular flexibility index (Phi) is 5.40. The van der Waals surface area contributed by atoms with E-state index in [4.69, 9.17) is 14.2 Å². The third-order valence-corrected chi connectivity index (χ3v) is 5.91. The molecule has 7 heteroatoms. The van der Waals surface area contributed by atoms with Crippen LogP contribution in [0.15, 0.2) is 41.8 Å². The lowest BCUT2D eigenvalue weighted by molar-refractivity contribution is 0.0474. The molecule has 4 rings (SSSR count). The first kappa shape index (κ1) is 19.3. The molecule has 29 heavy (non-hydrogen) atoms. The Morgan fingerprint density at radius 1 is 1.14 bits per heavy atom. The molecule has 3 heterocycles. The van der Waals surface area contributed by atoms with E-state index in [1.165, 1.54) is 4.88 Å². The van der Waals surface area contributed by atoms with Crippen molar-refractivity contribution in [2.45, 2.75) is 26.8 Å². The molecule has 1 aromatic carbocycles. The molecular weight excluding hydrogens is 390 g/mol. The van der Waals surface area contributed by atoms with Gasteiger partial charge in [-0.05, 0) is 56.0 Å². The second kappa shape index (κ2) is 8.13. The number of hydrogen-bond acceptors (Lipinski definition) is 6. The standard InChI is InChI=1S/C22H21NO5S/c1-14-10-18(15(2)23(14)8-7-17-4-3-9-29-17)19(24)12-26-22(25)16-5-6-20-21(11-16)28-13-27-20/h3-6,9-11H,7-8,12-13H2,1-2H3. The van der Waals surface area contributed by atoms with Gasteiger partial charge < -0.3 is 18.8 Å². The van der Waals surface area contributed by atoms with Gasteiger partial charge in [0.1, 0.15) is 0 Å². The van der Waals surface area contributed by atoms with Crippen molar-refractivity contribution in [2.24, 2.45) is 0 Å². The zero-order valence-electron chi connectivity index (χ0n) is 16.3. The van der Waals surface area contributed by atoms with Crippen LogP contribution in [0, 0.1) is 13.8 Å². The molecule has 0 saturated heterocycles. The van der Waals surface area contributed by atoms with Crippen molar-refractivity contribution in [3.05, 3.63) is 69.2 Å². The highest BCUT2D eigenvalue weighted by Gasteiger charge is 2.20. The molecule has 0 amide bonds. The number of hydrogen-bond donors (Lipinski definition) is 0. The molecule has 1 aliphatic rings. The van der Waals surface area contributed by atoms with Gasteiger partial charge in [0.2, 0.25) is 12.6 Å². The van der Waals surface area contributed by atoms with E-state index in [0.717, 1.165) is 24.4 Å². The van der Waals surface area contributed by atoms with Crippen LogP contribution in [0.1, 0.15) is 37.0 Å². The summed E-state index contributed by atoms with van der Waals surface area (Å²) in [6, 6.07) is 10.8. The van der Waals surface area contributed by atoms with Crippen LogP contribution in [-0.4, -0.2) is 29.7 Å². The number of carbonyl (C=O) groups excluding carboxylic acids is 2. The lowest BCUT2D eigenvalue weighted by Crippen LogP contribution is -2.15. The van der Waals surface area contributed by atoms with Crippen LogP contribution in [0.2, 0.25) is 0 Å². The molecule has 0 aliphatic carbocycles. The fraction of sp³-hybridized carbons (Fsp3) is 0.273. The molecule has 1 aliphatic heterocycles. The third kappa shape index (κ3) is 4.05. The number of carbonyl (C=O) groups is 2. The topological polar surface area (TPSA) is 66.8 Å². The SMILES string of the molecule is Cc1cc(C(=O)COC(=O)c2ccc3c(c2)OCO3)c(C)n1CCc1cccs1. The molecule has 150 valence electrons. The maximum absolute atomic E-state index is 12.7. The van der Waals surface area contributed by atoms with Gasteiger partial charge in [-0.25, -0.2) is 4.79 Å². The molecule has 6 nitrogen and oxygen atoms in total. The van der Waals surface area contributed by atoms with E-state index >= 15 is 0 Å². The van der Waals surface area contributed by atoms with Crippen LogP contribution in [0.5, 0.6) is 11.5 Å². The maximum Gasteiger partial charge on any atom is 0.338 e. The number of thiophene rings is 1. The molecule has 0 atom stereocenters. The number of ketones is 1. The van der Waals surface area contributed by atoms with Crippen molar-refractivity contribution in [3.8, 4) is 11.5 Å². The molecule has 0 fully saturated rings. The second-order valence-corrected chi connectivity index (χ2v) is 7.87. The van der Waals surface area contributed by atoms with Crippen LogP contribution < -0.4 is 9.47 Å². The Bertz CT molecular complexity index is 1050. The molecule has 0 saturated carbocycles.